The van der Waals surface area contributed by atoms with Crippen LogP contribution in [0.3, 0.4) is 0 Å². The van der Waals surface area contributed by atoms with Gasteiger partial charge >= 0.3 is 75.4 Å². The van der Waals surface area contributed by atoms with Crippen molar-refractivity contribution in [2.45, 2.75) is 64.8 Å². The van der Waals surface area contributed by atoms with Crippen LogP contribution in [0.5, 0.6) is 0 Å². The molecule has 0 spiro atoms. The molecule has 0 aromatic carbocycles. The zero-order valence-corrected chi connectivity index (χ0v) is 36.0. The number of nitrogens with zero attached hydrogens (tertiary/aromatic N) is 4. The maximum Gasteiger partial charge on any atom is 1.00 e. The molecule has 2 amide bonds. The second-order valence-electron chi connectivity index (χ2n) is 12.3. The largest absolute Gasteiger partial charge is 1.00 e. The number of aliphatic hydroxyl groups is 2. The number of hydrogen-bond donors (Lipinski definition) is 5. The first-order valence-corrected chi connectivity index (χ1v) is 20.8. The molecular formula is C25H38Li4N7O17P3S. The van der Waals surface area contributed by atoms with Gasteiger partial charge in [-0.1, -0.05) is 39.5 Å². The van der Waals surface area contributed by atoms with Crippen molar-refractivity contribution in [3.63, 3.8) is 0 Å². The summed E-state index contributed by atoms with van der Waals surface area (Å²) in [6.45, 7) is 3.61. The first kappa shape index (κ1) is 59.0. The fraction of sp³-hybridized carbons (Fsp3) is 0.680. The molecule has 6 N–H and O–H groups in total. The Bertz CT molecular complexity index is 1780. The van der Waals surface area contributed by atoms with E-state index in [0.29, 0.717) is 5.75 Å². The molecule has 7 atom stereocenters. The van der Waals surface area contributed by atoms with Gasteiger partial charge < -0.3 is 69.0 Å². The molecule has 0 saturated carbocycles. The number of nitrogen functional groups attached to an aromatic ring is 1. The third-order valence-electron chi connectivity index (χ3n) is 7.19. The number of rotatable bonds is 20. The minimum absolute atomic E-state index is 0. The van der Waals surface area contributed by atoms with E-state index >= 15 is 0 Å². The number of amides is 2. The molecule has 1 aliphatic rings. The van der Waals surface area contributed by atoms with Crippen molar-refractivity contribution >= 4 is 69.1 Å². The average molecular weight is 861 g/mol. The van der Waals surface area contributed by atoms with Crippen molar-refractivity contribution in [3.8, 4) is 0 Å². The van der Waals surface area contributed by atoms with E-state index < -0.39 is 84.6 Å². The molecule has 2 aromatic rings. The number of thioether (sulfide) groups is 1. The van der Waals surface area contributed by atoms with E-state index in [-0.39, 0.29) is 123 Å². The van der Waals surface area contributed by atoms with Crippen LogP contribution in [-0.2, 0) is 50.7 Å². The smallest absolute Gasteiger partial charge is 0.790 e. The van der Waals surface area contributed by atoms with Gasteiger partial charge in [-0.15, -0.1) is 0 Å². The first-order chi connectivity index (χ1) is 24.4. The number of phosphoric ester groups is 3. The van der Waals surface area contributed by atoms with Gasteiger partial charge in [0.15, 0.2) is 22.8 Å². The minimum atomic E-state index is -5.91. The second kappa shape index (κ2) is 25.2. The van der Waals surface area contributed by atoms with Crippen LogP contribution in [0.2, 0.25) is 0 Å². The van der Waals surface area contributed by atoms with Gasteiger partial charge in [-0.25, -0.2) is 19.3 Å². The van der Waals surface area contributed by atoms with Crippen LogP contribution in [-0.4, -0.2) is 103 Å². The molecular weight excluding hydrogens is 823 g/mol. The SMILES string of the molecule is CC(C)C(=O)SCCNC(=O)CCNC(=O)C(O)C(C)(C)COP(=O)([O-])OP(=O)([O-])OCC1OC(n2cnc3c(N)ncnc32)C(O)C1OP(=O)([O-])[O-].[Li+].[Li+].[Li+].[Li+]. The quantitative estimate of drug-likeness (QED) is 0.0469. The van der Waals surface area contributed by atoms with Crippen molar-refractivity contribution in [2.75, 3.05) is 37.8 Å². The third-order valence-corrected chi connectivity index (χ3v) is 11.4. The van der Waals surface area contributed by atoms with Crippen molar-refractivity contribution in [1.82, 2.24) is 30.2 Å². The number of nitrogens with two attached hydrogens (primary N) is 1. The molecule has 3 rings (SSSR count). The monoisotopic (exact) mass is 861 g/mol. The topological polar surface area (TPSA) is 375 Å². The van der Waals surface area contributed by atoms with Crippen molar-refractivity contribution in [3.05, 3.63) is 12.7 Å². The Kier molecular flexibility index (Phi) is 26.1. The van der Waals surface area contributed by atoms with Gasteiger partial charge in [0.05, 0.1) is 27.4 Å². The summed E-state index contributed by atoms with van der Waals surface area (Å²) in [5, 5.41) is 26.1. The number of carbonyl (C=O) groups excluding carboxylic acids is 3. The molecule has 24 nitrogen and oxygen atoms in total. The summed E-state index contributed by atoms with van der Waals surface area (Å²) in [6, 6.07) is 0. The Morgan fingerprint density at radius 3 is 2.23 bits per heavy atom. The number of hydrogen-bond acceptors (Lipinski definition) is 22. The van der Waals surface area contributed by atoms with Crippen LogP contribution >= 0.6 is 35.2 Å². The molecule has 3 heterocycles. The number of aromatic nitrogens is 4. The van der Waals surface area contributed by atoms with Crippen molar-refractivity contribution < 1.29 is 156 Å². The second-order valence-corrected chi connectivity index (χ2v) is 17.5. The molecule has 1 saturated heterocycles. The Hall–Kier alpha value is -0.0504. The molecule has 32 heteroatoms. The zero-order chi connectivity index (χ0) is 39.9. The van der Waals surface area contributed by atoms with E-state index in [4.69, 9.17) is 10.5 Å². The summed E-state index contributed by atoms with van der Waals surface area (Å²) in [7, 11) is -17.6. The van der Waals surface area contributed by atoms with Crippen LogP contribution in [0.25, 0.3) is 11.2 Å². The van der Waals surface area contributed by atoms with Gasteiger partial charge in [0.2, 0.25) is 11.8 Å². The molecule has 0 radical (unpaired) electrons. The third kappa shape index (κ3) is 18.4. The number of imidazole rings is 1. The van der Waals surface area contributed by atoms with Crippen LogP contribution in [0.1, 0.15) is 40.3 Å². The molecule has 0 bridgehead atoms. The normalized spacial score (nSPS) is 20.8. The Balaban J connectivity index is 0. The van der Waals surface area contributed by atoms with Gasteiger partial charge in [0.1, 0.15) is 36.3 Å². The Labute approximate surface area is 379 Å². The summed E-state index contributed by atoms with van der Waals surface area (Å²) >= 11 is 1.07. The van der Waals surface area contributed by atoms with Gasteiger partial charge in [0, 0.05) is 36.6 Å². The van der Waals surface area contributed by atoms with E-state index in [1.165, 1.54) is 13.8 Å². The van der Waals surface area contributed by atoms with Crippen LogP contribution in [0, 0.1) is 11.3 Å². The minimum Gasteiger partial charge on any atom is -0.790 e. The van der Waals surface area contributed by atoms with Gasteiger partial charge in [-0.2, -0.15) is 0 Å². The van der Waals surface area contributed by atoms with Crippen LogP contribution in [0.15, 0.2) is 12.7 Å². The molecule has 0 aliphatic carbocycles. The summed E-state index contributed by atoms with van der Waals surface area (Å²) in [5.41, 5.74) is 4.07. The summed E-state index contributed by atoms with van der Waals surface area (Å²) < 4.78 is 60.3. The fourth-order valence-corrected chi connectivity index (χ4v) is 7.90. The van der Waals surface area contributed by atoms with E-state index in [0.717, 1.165) is 29.0 Å². The van der Waals surface area contributed by atoms with Crippen LogP contribution in [0.4, 0.5) is 5.82 Å². The molecule has 300 valence electrons. The number of ether oxygens (including phenoxy) is 1. The molecule has 7 unspecified atom stereocenters. The van der Waals surface area contributed by atoms with E-state index in [1.807, 2.05) is 0 Å². The standard InChI is InChI=1S/C25H42N7O17P3S.4Li/c1-13(2)24(37)53-8-7-27-15(33)5-6-28-22(36)19(35)25(3,4)10-46-52(43,44)49-51(41,42)45-9-14-18(48-50(38,39)40)17(34)23(47-14)32-12-31-16-20(26)29-11-30-21(16)32;;;;/h11-14,17-19,23,34-35H,5-10H2,1-4H3,(H,27,33)(H,28,36)(H,41,42)(H,43,44)(H2,26,29,30)(H2,38,39,40);;;;/q;4*+1/p-4. The van der Waals surface area contributed by atoms with E-state index in [2.05, 4.69) is 43.5 Å². The summed E-state index contributed by atoms with van der Waals surface area (Å²) in [6.07, 6.45) is -7.56. The number of phosphoric acid groups is 3. The Morgan fingerprint density at radius 1 is 1.02 bits per heavy atom. The fourth-order valence-electron chi connectivity index (χ4n) is 4.43. The summed E-state index contributed by atoms with van der Waals surface area (Å²) in [5.74, 6) is -1.34. The van der Waals surface area contributed by atoms with Crippen LogP contribution < -0.4 is 111 Å². The molecule has 2 aromatic heterocycles. The number of fused-ring (bicyclic) bond motifs is 1. The number of aliphatic hydroxyl groups excluding tert-OH is 2. The van der Waals surface area contributed by atoms with Gasteiger partial charge in [-0.3, -0.25) is 28.1 Å². The zero-order valence-electron chi connectivity index (χ0n) is 32.5. The molecule has 1 fully saturated rings. The predicted octanol–water partition coefficient (Wildman–Crippen LogP) is -15.2. The van der Waals surface area contributed by atoms with Crippen molar-refractivity contribution in [1.29, 1.82) is 0 Å². The summed E-state index contributed by atoms with van der Waals surface area (Å²) in [4.78, 5) is 95.3. The van der Waals surface area contributed by atoms with Gasteiger partial charge in [0.25, 0.3) is 15.6 Å². The predicted molar refractivity (Wildman–Crippen MR) is 173 cm³/mol. The number of carbonyl (C=O) groups is 3. The van der Waals surface area contributed by atoms with Crippen molar-refractivity contribution in [2.24, 2.45) is 11.3 Å². The molecule has 57 heavy (non-hydrogen) atoms. The van der Waals surface area contributed by atoms with Gasteiger partial charge in [-0.05, 0) is 0 Å². The maximum atomic E-state index is 12.5. The average Bonchev–Trinajstić information content (AvgIpc) is 3.60. The number of nitrogens with one attached hydrogen (secondary N) is 2. The molecule has 1 aliphatic heterocycles. The number of anilines is 1. The van der Waals surface area contributed by atoms with E-state index in [1.54, 1.807) is 13.8 Å². The Morgan fingerprint density at radius 2 is 1.63 bits per heavy atom. The van der Waals surface area contributed by atoms with E-state index in [9.17, 15) is 57.9 Å². The maximum absolute atomic E-state index is 12.5. The first-order valence-electron chi connectivity index (χ1n) is 15.4.